The van der Waals surface area contributed by atoms with E-state index in [1.54, 1.807) is 12.8 Å². The molecule has 0 saturated heterocycles. The maximum absolute atomic E-state index is 11.6. The number of halogens is 3. The molecule has 0 atom stereocenters. The van der Waals surface area contributed by atoms with Gasteiger partial charge in [-0.25, -0.2) is 0 Å². The fourth-order valence-electron chi connectivity index (χ4n) is 1.54. The molecular formula is C18H15Cl3OPd+2. The molecule has 2 aromatic rings. The van der Waals surface area contributed by atoms with Crippen molar-refractivity contribution in [2.45, 2.75) is 4.30 Å². The minimum Gasteiger partial charge on any atom is -0.299 e. The van der Waals surface area contributed by atoms with Crippen LogP contribution in [0.4, 0.5) is 0 Å². The fourth-order valence-corrected chi connectivity index (χ4v) is 1.54. The van der Waals surface area contributed by atoms with Gasteiger partial charge in [0.1, 0.15) is 5.78 Å². The van der Waals surface area contributed by atoms with Gasteiger partial charge in [-0.1, -0.05) is 95.5 Å². The van der Waals surface area contributed by atoms with Crippen LogP contribution in [0.1, 0.15) is 11.1 Å². The summed E-state index contributed by atoms with van der Waals surface area (Å²) in [6.45, 7) is 0. The molecule has 0 amide bonds. The van der Waals surface area contributed by atoms with E-state index in [4.69, 9.17) is 34.8 Å². The third-order valence-electron chi connectivity index (χ3n) is 2.48. The van der Waals surface area contributed by atoms with Gasteiger partial charge in [-0.3, -0.25) is 4.79 Å². The number of alkyl halides is 3. The predicted molar refractivity (Wildman–Crippen MR) is 94.6 cm³/mol. The molecule has 4 radical (unpaired) electrons. The van der Waals surface area contributed by atoms with Crippen LogP contribution in [0.3, 0.4) is 0 Å². The van der Waals surface area contributed by atoms with Gasteiger partial charge in [-0.2, -0.15) is 0 Å². The van der Waals surface area contributed by atoms with E-state index in [0.29, 0.717) is 0 Å². The SMILES string of the molecule is ClC(Cl)Cl.O=C([CH][CH]c1ccccc1)[CH][CH]c1ccccc1.[Pd+2]. The zero-order valence-corrected chi connectivity index (χ0v) is 15.8. The van der Waals surface area contributed by atoms with Crippen LogP contribution < -0.4 is 0 Å². The number of hydrogen-bond acceptors (Lipinski definition) is 1. The van der Waals surface area contributed by atoms with Crippen molar-refractivity contribution in [1.82, 2.24) is 0 Å². The first-order chi connectivity index (χ1) is 10.6. The second-order valence-electron chi connectivity index (χ2n) is 4.14. The number of carbonyl (C=O) groups is 1. The van der Waals surface area contributed by atoms with Crippen molar-refractivity contribution in [1.29, 1.82) is 0 Å². The van der Waals surface area contributed by atoms with E-state index in [2.05, 4.69) is 0 Å². The van der Waals surface area contributed by atoms with Crippen LogP contribution in [0, 0.1) is 25.7 Å². The van der Waals surface area contributed by atoms with Crippen molar-refractivity contribution < 1.29 is 25.2 Å². The van der Waals surface area contributed by atoms with Gasteiger partial charge in [-0.15, -0.1) is 0 Å². The monoisotopic (exact) mass is 458 g/mol. The Bertz CT molecular complexity index is 484. The first-order valence-corrected chi connectivity index (χ1v) is 7.81. The molecule has 0 spiro atoms. The summed E-state index contributed by atoms with van der Waals surface area (Å²) < 4.78 is -0.750. The Labute approximate surface area is 167 Å². The van der Waals surface area contributed by atoms with Gasteiger partial charge < -0.3 is 0 Å². The van der Waals surface area contributed by atoms with E-state index >= 15 is 0 Å². The van der Waals surface area contributed by atoms with Crippen LogP contribution in [-0.4, -0.2) is 10.1 Å². The number of hydrogen-bond donors (Lipinski definition) is 0. The molecule has 23 heavy (non-hydrogen) atoms. The van der Waals surface area contributed by atoms with Crippen LogP contribution >= 0.6 is 34.8 Å². The number of Topliss-reactive ketones (excluding diaryl/α,β-unsaturated/α-hetero) is 1. The molecule has 0 unspecified atom stereocenters. The van der Waals surface area contributed by atoms with Crippen LogP contribution in [-0.2, 0) is 25.2 Å². The quantitative estimate of drug-likeness (QED) is 0.414. The van der Waals surface area contributed by atoms with Crippen molar-refractivity contribution in [3.63, 3.8) is 0 Å². The van der Waals surface area contributed by atoms with E-state index < -0.39 is 4.30 Å². The first kappa shape index (κ1) is 22.6. The van der Waals surface area contributed by atoms with Crippen LogP contribution in [0.2, 0.25) is 0 Å². The van der Waals surface area contributed by atoms with Crippen molar-refractivity contribution in [2.24, 2.45) is 0 Å². The average molecular weight is 460 g/mol. The number of benzene rings is 2. The van der Waals surface area contributed by atoms with Crippen LogP contribution in [0.25, 0.3) is 0 Å². The molecule has 0 aliphatic rings. The minimum atomic E-state index is -0.750. The summed E-state index contributed by atoms with van der Waals surface area (Å²) in [6.07, 6.45) is 6.79. The van der Waals surface area contributed by atoms with E-state index in [1.165, 1.54) is 0 Å². The summed E-state index contributed by atoms with van der Waals surface area (Å²) in [5, 5.41) is 0. The molecule has 5 heteroatoms. The van der Waals surface area contributed by atoms with Crippen molar-refractivity contribution in [2.75, 3.05) is 0 Å². The van der Waals surface area contributed by atoms with Crippen LogP contribution in [0.5, 0.6) is 0 Å². The topological polar surface area (TPSA) is 17.1 Å². The molecule has 0 saturated carbocycles. The van der Waals surface area contributed by atoms with E-state index in [-0.39, 0.29) is 26.2 Å². The smallest absolute Gasteiger partial charge is 0.299 e. The predicted octanol–water partition coefficient (Wildman–Crippen LogP) is 5.45. The molecule has 0 fully saturated rings. The van der Waals surface area contributed by atoms with Crippen molar-refractivity contribution in [3.8, 4) is 0 Å². The van der Waals surface area contributed by atoms with Crippen LogP contribution in [0.15, 0.2) is 60.7 Å². The second kappa shape index (κ2) is 14.0. The summed E-state index contributed by atoms with van der Waals surface area (Å²) in [5.74, 6) is -0.0114. The summed E-state index contributed by atoms with van der Waals surface area (Å²) in [7, 11) is 0. The Morgan fingerprint density at radius 2 is 1.04 bits per heavy atom. The molecule has 0 aromatic heterocycles. The van der Waals surface area contributed by atoms with Gasteiger partial charge in [0, 0.05) is 25.7 Å². The van der Waals surface area contributed by atoms with Gasteiger partial charge in [-0.05, 0) is 11.1 Å². The third-order valence-corrected chi connectivity index (χ3v) is 2.48. The van der Waals surface area contributed by atoms with Gasteiger partial charge >= 0.3 is 20.4 Å². The minimum absolute atomic E-state index is 0. The van der Waals surface area contributed by atoms with E-state index in [0.717, 1.165) is 11.1 Å². The normalized spacial score (nSPS) is 9.57. The van der Waals surface area contributed by atoms with Crippen molar-refractivity contribution in [3.05, 3.63) is 97.5 Å². The van der Waals surface area contributed by atoms with Gasteiger partial charge in [0.2, 0.25) is 0 Å². The summed E-state index contributed by atoms with van der Waals surface area (Å²) >= 11 is 14.4. The molecule has 0 aliphatic carbocycles. The van der Waals surface area contributed by atoms with E-state index in [9.17, 15) is 4.79 Å². The van der Waals surface area contributed by atoms with Gasteiger partial charge in [0.15, 0.2) is 4.30 Å². The molecule has 0 aliphatic heterocycles. The Morgan fingerprint density at radius 1 is 0.739 bits per heavy atom. The molecule has 0 bridgehead atoms. The molecular weight excluding hydrogens is 445 g/mol. The maximum atomic E-state index is 11.6. The molecule has 2 rings (SSSR count). The van der Waals surface area contributed by atoms with E-state index in [1.807, 2.05) is 73.5 Å². The third kappa shape index (κ3) is 12.7. The van der Waals surface area contributed by atoms with Gasteiger partial charge in [0.25, 0.3) is 0 Å². The molecule has 0 heterocycles. The molecule has 122 valence electrons. The number of ketones is 1. The maximum Gasteiger partial charge on any atom is 2.00 e. The standard InChI is InChI=1S/C17H14O.CHCl3.Pd/c18-17(13-11-15-7-3-1-4-8-15)14-12-16-9-5-2-6-10-16;2-1(3)4;/h1-14H;1H;/q;;+2. The second-order valence-corrected chi connectivity index (χ2v) is 6.12. The molecule has 1 nitrogen and oxygen atoms in total. The number of rotatable bonds is 6. The molecule has 0 N–H and O–H groups in total. The Kier molecular flexibility index (Phi) is 13.8. The zero-order chi connectivity index (χ0) is 16.2. The molecule has 2 aromatic carbocycles. The number of carbonyl (C=O) groups excluding carboxylic acids is 1. The zero-order valence-electron chi connectivity index (χ0n) is 12.0. The average Bonchev–Trinajstić information content (AvgIpc) is 2.52. The largest absolute Gasteiger partial charge is 2.00 e. The fraction of sp³-hybridized carbons (Fsp3) is 0.0556. The Morgan fingerprint density at radius 3 is 1.35 bits per heavy atom. The summed E-state index contributed by atoms with van der Waals surface area (Å²) in [5.41, 5.74) is 2.05. The summed E-state index contributed by atoms with van der Waals surface area (Å²) in [4.78, 5) is 11.6. The Hall–Kier alpha value is -0.358. The van der Waals surface area contributed by atoms with Crippen molar-refractivity contribution >= 4 is 40.6 Å². The first-order valence-electron chi connectivity index (χ1n) is 6.50. The Balaban J connectivity index is 0.000000871. The summed E-state index contributed by atoms with van der Waals surface area (Å²) in [6, 6.07) is 19.6. The van der Waals surface area contributed by atoms with Gasteiger partial charge in [0.05, 0.1) is 0 Å².